The number of nitrogens with zero attached hydrogens (tertiary/aromatic N) is 2. The van der Waals surface area contributed by atoms with E-state index in [2.05, 4.69) is 33.2 Å². The van der Waals surface area contributed by atoms with Gasteiger partial charge in [-0.1, -0.05) is 30.3 Å². The number of halogens is 1. The molecule has 2 rings (SSSR count). The maximum absolute atomic E-state index is 5.73. The quantitative estimate of drug-likeness (QED) is 0.559. The van der Waals surface area contributed by atoms with Gasteiger partial charge in [0.25, 0.3) is 0 Å². The van der Waals surface area contributed by atoms with Crippen LogP contribution >= 0.6 is 15.9 Å². The summed E-state index contributed by atoms with van der Waals surface area (Å²) in [6, 6.07) is 12.0. The van der Waals surface area contributed by atoms with Gasteiger partial charge >= 0.3 is 0 Å². The lowest BCUT2D eigenvalue weighted by molar-refractivity contribution is -0.0301. The molecular formula is C17H23BrN2O3. The van der Waals surface area contributed by atoms with Gasteiger partial charge in [-0.3, -0.25) is 4.68 Å². The highest BCUT2D eigenvalue weighted by Gasteiger charge is 2.03. The standard InChI is InChI=1S/C17H23BrN2O3/c1-15(23-14-16-5-3-2-4-6-16)13-22-12-11-21-10-9-20-8-7-17(18)19-20/h2-8,15H,9-14H2,1H3. The van der Waals surface area contributed by atoms with Crippen molar-refractivity contribution in [3.05, 3.63) is 52.8 Å². The van der Waals surface area contributed by atoms with Gasteiger partial charge in [0.05, 0.1) is 45.7 Å². The molecule has 0 aliphatic carbocycles. The Bertz CT molecular complexity index is 548. The predicted molar refractivity (Wildman–Crippen MR) is 92.3 cm³/mol. The maximum atomic E-state index is 5.73. The fourth-order valence-electron chi connectivity index (χ4n) is 1.95. The first kappa shape index (κ1) is 18.1. The zero-order valence-electron chi connectivity index (χ0n) is 13.4. The first-order valence-electron chi connectivity index (χ1n) is 7.74. The molecule has 126 valence electrons. The Kier molecular flexibility index (Phi) is 8.31. The summed E-state index contributed by atoms with van der Waals surface area (Å²) in [6.07, 6.45) is 1.98. The molecule has 0 saturated carbocycles. The minimum Gasteiger partial charge on any atom is -0.377 e. The Balaban J connectivity index is 1.44. The summed E-state index contributed by atoms with van der Waals surface area (Å²) in [7, 11) is 0. The molecule has 5 nitrogen and oxygen atoms in total. The van der Waals surface area contributed by atoms with Gasteiger partial charge in [-0.15, -0.1) is 0 Å². The Labute approximate surface area is 145 Å². The van der Waals surface area contributed by atoms with Crippen LogP contribution in [0, 0.1) is 0 Å². The summed E-state index contributed by atoms with van der Waals surface area (Å²) < 4.78 is 19.5. The highest BCUT2D eigenvalue weighted by Crippen LogP contribution is 2.04. The van der Waals surface area contributed by atoms with Crippen LogP contribution in [0.15, 0.2) is 47.2 Å². The van der Waals surface area contributed by atoms with Crippen molar-refractivity contribution in [1.29, 1.82) is 0 Å². The second-order valence-electron chi connectivity index (χ2n) is 5.20. The minimum atomic E-state index is 0.0663. The van der Waals surface area contributed by atoms with E-state index in [1.807, 2.05) is 42.1 Å². The smallest absolute Gasteiger partial charge is 0.128 e. The molecule has 0 amide bonds. The van der Waals surface area contributed by atoms with Crippen molar-refractivity contribution >= 4 is 15.9 Å². The Morgan fingerprint density at radius 3 is 2.61 bits per heavy atom. The maximum Gasteiger partial charge on any atom is 0.128 e. The number of hydrogen-bond donors (Lipinski definition) is 0. The summed E-state index contributed by atoms with van der Waals surface area (Å²) in [6.45, 7) is 5.71. The number of aromatic nitrogens is 2. The van der Waals surface area contributed by atoms with E-state index in [0.29, 0.717) is 33.0 Å². The van der Waals surface area contributed by atoms with E-state index in [1.165, 1.54) is 5.56 Å². The molecule has 0 saturated heterocycles. The van der Waals surface area contributed by atoms with Crippen LogP contribution in [0.2, 0.25) is 0 Å². The lowest BCUT2D eigenvalue weighted by Crippen LogP contribution is -2.18. The SMILES string of the molecule is CC(COCCOCCn1ccc(Br)n1)OCc1ccccc1. The molecule has 0 spiro atoms. The highest BCUT2D eigenvalue weighted by atomic mass is 79.9. The lowest BCUT2D eigenvalue weighted by atomic mass is 10.2. The molecule has 0 radical (unpaired) electrons. The summed E-state index contributed by atoms with van der Waals surface area (Å²) in [5, 5.41) is 4.22. The van der Waals surface area contributed by atoms with Crippen molar-refractivity contribution in [2.24, 2.45) is 0 Å². The average Bonchev–Trinajstić information content (AvgIpc) is 2.98. The molecule has 1 aromatic carbocycles. The molecule has 6 heteroatoms. The van der Waals surface area contributed by atoms with Crippen LogP contribution in [-0.2, 0) is 27.4 Å². The van der Waals surface area contributed by atoms with Crippen LogP contribution < -0.4 is 0 Å². The van der Waals surface area contributed by atoms with Crippen LogP contribution in [0.5, 0.6) is 0 Å². The highest BCUT2D eigenvalue weighted by molar-refractivity contribution is 9.10. The summed E-state index contributed by atoms with van der Waals surface area (Å²) in [5.41, 5.74) is 1.17. The van der Waals surface area contributed by atoms with Crippen molar-refractivity contribution in [2.45, 2.75) is 26.2 Å². The first-order chi connectivity index (χ1) is 11.2. The summed E-state index contributed by atoms with van der Waals surface area (Å²) in [5.74, 6) is 0. The van der Waals surface area contributed by atoms with Gasteiger partial charge in [0, 0.05) is 6.20 Å². The average molecular weight is 383 g/mol. The van der Waals surface area contributed by atoms with Crippen molar-refractivity contribution in [3.8, 4) is 0 Å². The van der Waals surface area contributed by atoms with Crippen molar-refractivity contribution in [2.75, 3.05) is 26.4 Å². The van der Waals surface area contributed by atoms with Gasteiger partial charge in [-0.25, -0.2) is 0 Å². The molecular weight excluding hydrogens is 360 g/mol. The molecule has 2 aromatic rings. The second-order valence-corrected chi connectivity index (χ2v) is 6.01. The molecule has 0 aliphatic rings. The van der Waals surface area contributed by atoms with Crippen LogP contribution in [0.25, 0.3) is 0 Å². The van der Waals surface area contributed by atoms with E-state index < -0.39 is 0 Å². The van der Waals surface area contributed by atoms with Gasteiger partial charge < -0.3 is 14.2 Å². The fraction of sp³-hybridized carbons (Fsp3) is 0.471. The van der Waals surface area contributed by atoms with E-state index in [1.54, 1.807) is 0 Å². The molecule has 1 unspecified atom stereocenters. The summed E-state index contributed by atoms with van der Waals surface area (Å²) in [4.78, 5) is 0. The van der Waals surface area contributed by atoms with Gasteiger partial charge in [0.15, 0.2) is 0 Å². The molecule has 1 heterocycles. The van der Waals surface area contributed by atoms with Crippen LogP contribution in [0.3, 0.4) is 0 Å². The summed E-state index contributed by atoms with van der Waals surface area (Å²) >= 11 is 3.31. The molecule has 0 fully saturated rings. The number of benzene rings is 1. The van der Waals surface area contributed by atoms with Gasteiger partial charge in [-0.2, -0.15) is 5.10 Å². The van der Waals surface area contributed by atoms with E-state index in [4.69, 9.17) is 14.2 Å². The third-order valence-electron chi connectivity index (χ3n) is 3.17. The van der Waals surface area contributed by atoms with Crippen molar-refractivity contribution in [3.63, 3.8) is 0 Å². The monoisotopic (exact) mass is 382 g/mol. The van der Waals surface area contributed by atoms with Gasteiger partial charge in [-0.05, 0) is 34.5 Å². The Morgan fingerprint density at radius 2 is 1.87 bits per heavy atom. The fourth-order valence-corrected chi connectivity index (χ4v) is 2.27. The van der Waals surface area contributed by atoms with Crippen LogP contribution in [-0.4, -0.2) is 42.3 Å². The van der Waals surface area contributed by atoms with Crippen molar-refractivity contribution in [1.82, 2.24) is 9.78 Å². The molecule has 1 aromatic heterocycles. The van der Waals surface area contributed by atoms with Crippen molar-refractivity contribution < 1.29 is 14.2 Å². The zero-order valence-corrected chi connectivity index (χ0v) is 14.9. The van der Waals surface area contributed by atoms with Crippen LogP contribution in [0.1, 0.15) is 12.5 Å². The predicted octanol–water partition coefficient (Wildman–Crippen LogP) is 3.28. The topological polar surface area (TPSA) is 45.5 Å². The third kappa shape index (κ3) is 7.74. The molecule has 0 bridgehead atoms. The molecule has 0 aliphatic heterocycles. The minimum absolute atomic E-state index is 0.0663. The van der Waals surface area contributed by atoms with E-state index in [9.17, 15) is 0 Å². The first-order valence-corrected chi connectivity index (χ1v) is 8.53. The number of ether oxygens (including phenoxy) is 3. The molecule has 23 heavy (non-hydrogen) atoms. The Hall–Kier alpha value is -1.21. The zero-order chi connectivity index (χ0) is 16.3. The molecule has 1 atom stereocenters. The number of hydrogen-bond acceptors (Lipinski definition) is 4. The third-order valence-corrected chi connectivity index (χ3v) is 3.60. The normalized spacial score (nSPS) is 12.4. The lowest BCUT2D eigenvalue weighted by Gasteiger charge is -2.13. The van der Waals surface area contributed by atoms with Gasteiger partial charge in [0.2, 0.25) is 0 Å². The largest absolute Gasteiger partial charge is 0.377 e. The molecule has 0 N–H and O–H groups in total. The second kappa shape index (κ2) is 10.5. The van der Waals surface area contributed by atoms with E-state index in [0.717, 1.165) is 11.1 Å². The van der Waals surface area contributed by atoms with Gasteiger partial charge in [0.1, 0.15) is 4.60 Å². The van der Waals surface area contributed by atoms with E-state index >= 15 is 0 Å². The Morgan fingerprint density at radius 1 is 1.09 bits per heavy atom. The van der Waals surface area contributed by atoms with Crippen LogP contribution in [0.4, 0.5) is 0 Å². The van der Waals surface area contributed by atoms with E-state index in [-0.39, 0.29) is 6.10 Å². The number of rotatable bonds is 11.